The fraction of sp³-hybridized carbons (Fsp3) is 0.233. The van der Waals surface area contributed by atoms with Gasteiger partial charge in [0.1, 0.15) is 109 Å². The molecule has 0 saturated heterocycles. The number of carbonyl (C=O) groups is 4. The first-order valence-corrected chi connectivity index (χ1v) is 25.3. The largest absolute Gasteiger partial charge is 0.508 e. The van der Waals surface area contributed by atoms with Crippen molar-refractivity contribution in [1.82, 2.24) is 0 Å². The number of aromatic hydroxyl groups is 7. The highest BCUT2D eigenvalue weighted by Gasteiger charge is 2.40. The van der Waals surface area contributed by atoms with Crippen molar-refractivity contribution in [1.29, 1.82) is 0 Å². The van der Waals surface area contributed by atoms with Crippen LogP contribution in [0, 0.1) is 13.8 Å². The topological polar surface area (TPSA) is 419 Å². The van der Waals surface area contributed by atoms with Crippen molar-refractivity contribution in [3.63, 3.8) is 0 Å². The van der Waals surface area contributed by atoms with Gasteiger partial charge in [0.25, 0.3) is 0 Å². The number of carbonyl (C=O) groups excluding carboxylic acids is 4. The van der Waals surface area contributed by atoms with E-state index in [1.165, 1.54) is 44.2 Å². The molecule has 0 aliphatic carbocycles. The van der Waals surface area contributed by atoms with E-state index in [1.807, 2.05) is 39.8 Å². The number of aryl methyl sites for hydroxylation is 2. The van der Waals surface area contributed by atoms with E-state index in [1.54, 1.807) is 13.8 Å². The number of hydrogen-bond acceptors (Lipinski definition) is 25. The molecule has 1 aliphatic heterocycles. The van der Waals surface area contributed by atoms with Crippen molar-refractivity contribution in [3.05, 3.63) is 176 Å². The first-order valence-electron chi connectivity index (χ1n) is 25.3. The Hall–Kier alpha value is -10.8. The summed E-state index contributed by atoms with van der Waals surface area (Å²) in [5, 5.41) is 97.0. The lowest BCUT2D eigenvalue weighted by molar-refractivity contribution is -0.147. The Kier molecular flexibility index (Phi) is 19.7. The minimum atomic E-state index is -1.71. The van der Waals surface area contributed by atoms with Gasteiger partial charge >= 0.3 is 17.9 Å². The summed E-state index contributed by atoms with van der Waals surface area (Å²) < 4.78 is 35.2. The molecule has 0 bridgehead atoms. The highest BCUT2D eigenvalue weighted by Crippen LogP contribution is 2.40. The minimum absolute atomic E-state index is 0.0104. The maximum Gasteiger partial charge on any atom is 0.377 e. The van der Waals surface area contributed by atoms with Crippen molar-refractivity contribution in [2.45, 2.75) is 80.4 Å². The number of rotatable bonds is 11. The van der Waals surface area contributed by atoms with Crippen LogP contribution >= 0.6 is 0 Å². The molecule has 0 radical (unpaired) electrons. The number of ketones is 1. The van der Waals surface area contributed by atoms with Gasteiger partial charge in [-0.3, -0.25) is 24.0 Å². The molecule has 2 unspecified atom stereocenters. The van der Waals surface area contributed by atoms with Crippen LogP contribution in [-0.4, -0.2) is 100 Å². The standard InChI is InChI=1S/C20H24O4.C16H12O11.2C12H10O5/c1-11(2)6-8-14-18(22)15(9-7-12(3)4)20-17(19(14)23)16(21)10-13(5)24-20;17-5-1-6(18)11-7(19)3-10(26-9(11)2-5)15(23)25-4-8(20)14-12(21)13(22)16(24)27-14;1-5(13)10-6(2)17-9-4-7(14)3-8(15)11(9)12(10)16;1-2-16-12(15)11-6-9(14)8-4-3-7(13)5-10(8)17-11/h6-7,10,22-23H,8-9H2,1-5H3;1-3,8,14,17-18,20-22H,4H2;3-4,14-15H,1-2H3;3-6,13H,2H2,1H3. The average molecular weight is 1180 g/mol. The zero-order valence-electron chi connectivity index (χ0n) is 46.5. The van der Waals surface area contributed by atoms with E-state index in [0.29, 0.717) is 35.1 Å². The second-order valence-electron chi connectivity index (χ2n) is 19.2. The number of aliphatic hydroxyl groups excluding tert-OH is 3. The molecule has 0 saturated carbocycles. The fourth-order valence-electron chi connectivity index (χ4n) is 8.25. The monoisotopic (exact) mass is 1180 g/mol. The fourth-order valence-corrected chi connectivity index (χ4v) is 8.25. The molecule has 0 amide bonds. The molecule has 10 N–H and O–H groups in total. The average Bonchev–Trinajstić information content (AvgIpc) is 2.02. The number of ether oxygens (including phenoxy) is 3. The predicted octanol–water partition coefficient (Wildman–Crippen LogP) is 7.90. The van der Waals surface area contributed by atoms with Gasteiger partial charge < -0.3 is 82.9 Å². The lowest BCUT2D eigenvalue weighted by atomic mass is 9.97. The summed E-state index contributed by atoms with van der Waals surface area (Å²) >= 11 is 0. The van der Waals surface area contributed by atoms with Crippen LogP contribution in [0.15, 0.2) is 132 Å². The molecule has 25 nitrogen and oxygen atoms in total. The SMILES string of the molecule is CC(=O)c1c(C)oc2cc(O)cc(O)c2c1=O.CC(C)=CCc1c(O)c(CC=C(C)C)c2oc(C)cc(=O)c2c1O.CCOC(=O)c1cc(=O)c2ccc(O)cc2o1.O=C1OC(C(O)COC(=O)c2cc(=O)c3c(O)cc(O)cc3o2)C(O)=C1O. The van der Waals surface area contributed by atoms with Crippen molar-refractivity contribution in [3.8, 4) is 40.2 Å². The van der Waals surface area contributed by atoms with E-state index < -0.39 is 87.9 Å². The number of allylic oxidation sites excluding steroid dienone is 4. The lowest BCUT2D eigenvalue weighted by Gasteiger charge is -2.16. The summed E-state index contributed by atoms with van der Waals surface area (Å²) in [4.78, 5) is 93.9. The number of aliphatic hydroxyl groups is 3. The third-order valence-corrected chi connectivity index (χ3v) is 12.2. The Labute approximate surface area is 478 Å². The molecule has 4 aromatic carbocycles. The van der Waals surface area contributed by atoms with Gasteiger partial charge in [-0.1, -0.05) is 23.3 Å². The normalized spacial score (nSPS) is 12.9. The number of cyclic esters (lactones) is 1. The van der Waals surface area contributed by atoms with Gasteiger partial charge in [-0.15, -0.1) is 0 Å². The maximum atomic E-state index is 12.4. The van der Waals surface area contributed by atoms with Crippen LogP contribution in [0.4, 0.5) is 0 Å². The third-order valence-electron chi connectivity index (χ3n) is 12.2. The Morgan fingerprint density at radius 1 is 0.588 bits per heavy atom. The smallest absolute Gasteiger partial charge is 0.377 e. The number of phenolic OH excluding ortho intramolecular Hbond substituents is 7. The van der Waals surface area contributed by atoms with E-state index in [4.69, 9.17) is 32.2 Å². The van der Waals surface area contributed by atoms with Gasteiger partial charge in [-0.05, 0) is 80.4 Å². The quantitative estimate of drug-likeness (QED) is 0.0254. The van der Waals surface area contributed by atoms with Crippen molar-refractivity contribution < 1.29 is 102 Å². The zero-order chi connectivity index (χ0) is 63.0. The number of benzene rings is 4. The summed E-state index contributed by atoms with van der Waals surface area (Å²) in [6.45, 7) is 13.3. The van der Waals surface area contributed by atoms with Crippen LogP contribution in [0.5, 0.6) is 40.2 Å². The van der Waals surface area contributed by atoms with Gasteiger partial charge in [0.05, 0.1) is 12.0 Å². The summed E-state index contributed by atoms with van der Waals surface area (Å²) in [6, 6.07) is 11.4. The van der Waals surface area contributed by atoms with E-state index in [0.717, 1.165) is 41.5 Å². The maximum absolute atomic E-state index is 12.4. The van der Waals surface area contributed by atoms with Crippen molar-refractivity contribution in [2.75, 3.05) is 13.2 Å². The molecule has 0 fully saturated rings. The molecule has 9 rings (SSSR count). The van der Waals surface area contributed by atoms with E-state index in [9.17, 15) is 84.3 Å². The van der Waals surface area contributed by atoms with Crippen molar-refractivity contribution >= 4 is 67.6 Å². The van der Waals surface area contributed by atoms with Crippen LogP contribution in [0.3, 0.4) is 0 Å². The Morgan fingerprint density at radius 3 is 1.68 bits per heavy atom. The molecule has 85 heavy (non-hydrogen) atoms. The third kappa shape index (κ3) is 14.5. The van der Waals surface area contributed by atoms with E-state index in [-0.39, 0.29) is 96.0 Å². The molecular formula is C60H56O25. The Morgan fingerprint density at radius 2 is 1.12 bits per heavy atom. The number of fused-ring (bicyclic) bond motifs is 4. The van der Waals surface area contributed by atoms with E-state index >= 15 is 0 Å². The van der Waals surface area contributed by atoms with Gasteiger partial charge in [0, 0.05) is 59.7 Å². The van der Waals surface area contributed by atoms with Crippen LogP contribution in [-0.2, 0) is 31.8 Å². The molecule has 4 aromatic heterocycles. The Balaban J connectivity index is 0.000000185. The molecule has 0 spiro atoms. The summed E-state index contributed by atoms with van der Waals surface area (Å²) in [7, 11) is 0. The lowest BCUT2D eigenvalue weighted by Crippen LogP contribution is -2.33. The predicted molar refractivity (Wildman–Crippen MR) is 302 cm³/mol. The van der Waals surface area contributed by atoms with Gasteiger partial charge in [0.15, 0.2) is 33.9 Å². The van der Waals surface area contributed by atoms with Crippen molar-refractivity contribution in [2.24, 2.45) is 0 Å². The summed E-state index contributed by atoms with van der Waals surface area (Å²) in [5.41, 5.74) is 1.12. The first-order chi connectivity index (χ1) is 39.9. The minimum Gasteiger partial charge on any atom is -0.508 e. The highest BCUT2D eigenvalue weighted by atomic mass is 16.6. The van der Waals surface area contributed by atoms with Gasteiger partial charge in [-0.25, -0.2) is 14.4 Å². The molecule has 5 heterocycles. The Bertz CT molecular complexity index is 4330. The molecule has 2 atom stereocenters. The highest BCUT2D eigenvalue weighted by molar-refractivity contribution is 5.99. The number of Topliss-reactive ketones (excluding diaryl/α,β-unsaturated/α-hetero) is 1. The zero-order valence-corrected chi connectivity index (χ0v) is 46.5. The second kappa shape index (κ2) is 26.4. The molecular weight excluding hydrogens is 1120 g/mol. The van der Waals surface area contributed by atoms with Gasteiger partial charge in [0.2, 0.25) is 22.7 Å². The summed E-state index contributed by atoms with van der Waals surface area (Å²) in [6.07, 6.45) is 1.31. The molecule has 25 heteroatoms. The number of esters is 3. The van der Waals surface area contributed by atoms with Gasteiger partial charge in [-0.2, -0.15) is 0 Å². The summed E-state index contributed by atoms with van der Waals surface area (Å²) in [5.74, 6) is -7.50. The van der Waals surface area contributed by atoms with Crippen LogP contribution < -0.4 is 21.7 Å². The number of hydrogen-bond donors (Lipinski definition) is 10. The van der Waals surface area contributed by atoms with Crippen LogP contribution in [0.1, 0.15) is 95.7 Å². The van der Waals surface area contributed by atoms with Crippen LogP contribution in [0.25, 0.3) is 43.9 Å². The van der Waals surface area contributed by atoms with Crippen LogP contribution in [0.2, 0.25) is 0 Å². The molecule has 1 aliphatic rings. The number of phenols is 7. The molecule has 446 valence electrons. The van der Waals surface area contributed by atoms with E-state index in [2.05, 4.69) is 4.74 Å². The second-order valence-corrected chi connectivity index (χ2v) is 19.2. The first kappa shape index (κ1) is 63.4. The molecule has 8 aromatic rings.